The molecule has 0 saturated carbocycles. The van der Waals surface area contributed by atoms with Crippen LogP contribution < -0.4 is 17.0 Å². The fourth-order valence-electron chi connectivity index (χ4n) is 3.91. The summed E-state index contributed by atoms with van der Waals surface area (Å²) in [6.45, 7) is 5.74. The maximum atomic E-state index is 13.1. The van der Waals surface area contributed by atoms with Crippen LogP contribution in [0.15, 0.2) is 33.9 Å². The molecule has 1 unspecified atom stereocenters. The Balaban J connectivity index is 1.68. The second kappa shape index (κ2) is 8.89. The Morgan fingerprint density at radius 1 is 1.03 bits per heavy atom. The molecule has 0 spiro atoms. The first-order chi connectivity index (χ1) is 14.6. The summed E-state index contributed by atoms with van der Waals surface area (Å²) in [6, 6.07) is 7.23. The van der Waals surface area contributed by atoms with E-state index in [0.29, 0.717) is 32.6 Å². The Labute approximate surface area is 180 Å². The molecule has 0 aliphatic carbocycles. The van der Waals surface area contributed by atoms with E-state index in [1.54, 1.807) is 11.8 Å². The number of hydrogen-bond acceptors (Lipinski definition) is 6. The van der Waals surface area contributed by atoms with Crippen LogP contribution in [0.1, 0.15) is 28.4 Å². The molecule has 0 radical (unpaired) electrons. The minimum Gasteiger partial charge on any atom is -0.384 e. The topological polar surface area (TPSA) is 111 Å². The van der Waals surface area contributed by atoms with E-state index in [0.717, 1.165) is 20.3 Å². The summed E-state index contributed by atoms with van der Waals surface area (Å²) in [5, 5.41) is 0. The third-order valence-corrected chi connectivity index (χ3v) is 6.15. The normalized spacial score (nSPS) is 15.7. The number of hydrogen-bond donors (Lipinski definition) is 1. The van der Waals surface area contributed by atoms with Crippen molar-refractivity contribution in [2.24, 2.45) is 14.1 Å². The molecular formula is C22H29N5O4. The summed E-state index contributed by atoms with van der Waals surface area (Å²) in [6.07, 6.45) is 0.353. The van der Waals surface area contributed by atoms with Crippen LogP contribution in [0, 0.1) is 6.92 Å². The molecule has 1 aromatic heterocycles. The van der Waals surface area contributed by atoms with Crippen molar-refractivity contribution >= 4 is 17.5 Å². The van der Waals surface area contributed by atoms with Gasteiger partial charge in [0.2, 0.25) is 5.91 Å². The van der Waals surface area contributed by atoms with Crippen molar-refractivity contribution in [2.45, 2.75) is 26.3 Å². The molecule has 2 aromatic rings. The fourth-order valence-corrected chi connectivity index (χ4v) is 3.91. The molecule has 1 atom stereocenters. The number of nitrogen functional groups attached to an aromatic ring is 1. The van der Waals surface area contributed by atoms with Crippen LogP contribution in [0.4, 0.5) is 5.82 Å². The quantitative estimate of drug-likeness (QED) is 0.669. The van der Waals surface area contributed by atoms with Crippen LogP contribution in [0.3, 0.4) is 0 Å². The van der Waals surface area contributed by atoms with Gasteiger partial charge in [0.1, 0.15) is 11.4 Å². The van der Waals surface area contributed by atoms with Gasteiger partial charge in [0.05, 0.1) is 12.5 Å². The number of aryl methyl sites for hydroxylation is 1. The second-order valence-corrected chi connectivity index (χ2v) is 8.03. The standard InChI is InChI=1S/C22H29N5O4/c1-14-7-5-6-8-16(14)13-17(28)27-11-9-26(10-12-27)15(2)19(29)18-20(23)24(3)22(31)25(4)21(18)30/h5-8,15H,9-13,23H2,1-4H3. The number of anilines is 1. The molecule has 1 aliphatic heterocycles. The zero-order valence-corrected chi connectivity index (χ0v) is 18.4. The number of rotatable bonds is 5. The van der Waals surface area contributed by atoms with Gasteiger partial charge in [-0.1, -0.05) is 24.3 Å². The summed E-state index contributed by atoms with van der Waals surface area (Å²) in [5.74, 6) is -0.491. The van der Waals surface area contributed by atoms with E-state index in [1.165, 1.54) is 14.1 Å². The van der Waals surface area contributed by atoms with Crippen molar-refractivity contribution in [1.29, 1.82) is 0 Å². The van der Waals surface area contributed by atoms with Crippen molar-refractivity contribution in [3.63, 3.8) is 0 Å². The first-order valence-electron chi connectivity index (χ1n) is 10.3. The van der Waals surface area contributed by atoms with E-state index in [1.807, 2.05) is 36.1 Å². The van der Waals surface area contributed by atoms with Crippen LogP contribution in [0.25, 0.3) is 0 Å². The SMILES string of the molecule is Cc1ccccc1CC(=O)N1CCN(C(C)C(=O)c2c(N)n(C)c(=O)n(C)c2=O)CC1. The first kappa shape index (κ1) is 22.5. The smallest absolute Gasteiger partial charge is 0.332 e. The lowest BCUT2D eigenvalue weighted by atomic mass is 10.0. The van der Waals surface area contributed by atoms with Crippen molar-refractivity contribution < 1.29 is 9.59 Å². The lowest BCUT2D eigenvalue weighted by Gasteiger charge is -2.37. The number of carbonyl (C=O) groups excluding carboxylic acids is 2. The van der Waals surface area contributed by atoms with E-state index in [9.17, 15) is 19.2 Å². The number of ketones is 1. The molecule has 2 heterocycles. The summed E-state index contributed by atoms with van der Waals surface area (Å²) < 4.78 is 1.99. The Kier molecular flexibility index (Phi) is 6.45. The van der Waals surface area contributed by atoms with Crippen LogP contribution in [-0.2, 0) is 25.3 Å². The maximum absolute atomic E-state index is 13.1. The van der Waals surface area contributed by atoms with E-state index in [2.05, 4.69) is 0 Å². The van der Waals surface area contributed by atoms with Crippen molar-refractivity contribution in [3.8, 4) is 0 Å². The number of Topliss-reactive ketones (excluding diaryl/α,β-unsaturated/α-hetero) is 1. The van der Waals surface area contributed by atoms with Gasteiger partial charge >= 0.3 is 5.69 Å². The summed E-state index contributed by atoms with van der Waals surface area (Å²) >= 11 is 0. The molecule has 31 heavy (non-hydrogen) atoms. The number of piperazine rings is 1. The predicted octanol–water partition coefficient (Wildman–Crippen LogP) is -0.0673. The minimum absolute atomic E-state index is 0.0594. The second-order valence-electron chi connectivity index (χ2n) is 8.03. The molecule has 2 N–H and O–H groups in total. The van der Waals surface area contributed by atoms with Gasteiger partial charge in [-0.15, -0.1) is 0 Å². The monoisotopic (exact) mass is 427 g/mol. The van der Waals surface area contributed by atoms with Gasteiger partial charge in [-0.3, -0.25) is 28.4 Å². The Morgan fingerprint density at radius 2 is 1.65 bits per heavy atom. The van der Waals surface area contributed by atoms with Gasteiger partial charge in [-0.25, -0.2) is 4.79 Å². The molecule has 9 nitrogen and oxygen atoms in total. The highest BCUT2D eigenvalue weighted by molar-refractivity contribution is 6.03. The minimum atomic E-state index is -0.690. The van der Waals surface area contributed by atoms with Crippen molar-refractivity contribution in [2.75, 3.05) is 31.9 Å². The number of nitrogens with two attached hydrogens (primary N) is 1. The molecule has 1 aromatic carbocycles. The molecular weight excluding hydrogens is 398 g/mol. The molecule has 1 amide bonds. The highest BCUT2D eigenvalue weighted by Gasteiger charge is 2.31. The molecule has 166 valence electrons. The van der Waals surface area contributed by atoms with Crippen LogP contribution in [0.5, 0.6) is 0 Å². The van der Waals surface area contributed by atoms with Gasteiger partial charge in [-0.2, -0.15) is 0 Å². The predicted molar refractivity (Wildman–Crippen MR) is 118 cm³/mol. The lowest BCUT2D eigenvalue weighted by molar-refractivity contribution is -0.132. The number of carbonyl (C=O) groups is 2. The van der Waals surface area contributed by atoms with Crippen LogP contribution in [0.2, 0.25) is 0 Å². The number of aromatic nitrogens is 2. The van der Waals surface area contributed by atoms with E-state index < -0.39 is 23.1 Å². The van der Waals surface area contributed by atoms with Gasteiger partial charge in [-0.05, 0) is 25.0 Å². The molecule has 0 bridgehead atoms. The zero-order valence-electron chi connectivity index (χ0n) is 18.4. The third-order valence-electron chi connectivity index (χ3n) is 6.15. The van der Waals surface area contributed by atoms with Gasteiger partial charge < -0.3 is 10.6 Å². The fraction of sp³-hybridized carbons (Fsp3) is 0.455. The molecule has 1 fully saturated rings. The lowest BCUT2D eigenvalue weighted by Crippen LogP contribution is -2.54. The zero-order chi connectivity index (χ0) is 22.9. The van der Waals surface area contributed by atoms with Crippen LogP contribution in [-0.4, -0.2) is 62.8 Å². The highest BCUT2D eigenvalue weighted by atomic mass is 16.2. The van der Waals surface area contributed by atoms with E-state index >= 15 is 0 Å². The number of nitrogens with zero attached hydrogens (tertiary/aromatic N) is 4. The van der Waals surface area contributed by atoms with Crippen molar-refractivity contribution in [1.82, 2.24) is 18.9 Å². The Bertz CT molecular complexity index is 1130. The molecule has 1 saturated heterocycles. The first-order valence-corrected chi connectivity index (χ1v) is 10.3. The average Bonchev–Trinajstić information content (AvgIpc) is 2.77. The van der Waals surface area contributed by atoms with Gasteiger partial charge in [0, 0.05) is 40.3 Å². The van der Waals surface area contributed by atoms with Crippen molar-refractivity contribution in [3.05, 3.63) is 61.8 Å². The van der Waals surface area contributed by atoms with E-state index in [4.69, 9.17) is 5.73 Å². The third kappa shape index (κ3) is 4.32. The molecule has 1 aliphatic rings. The van der Waals surface area contributed by atoms with Gasteiger partial charge in [0.25, 0.3) is 5.56 Å². The average molecular weight is 428 g/mol. The largest absolute Gasteiger partial charge is 0.384 e. The van der Waals surface area contributed by atoms with Crippen LogP contribution >= 0.6 is 0 Å². The molecule has 3 rings (SSSR count). The van der Waals surface area contributed by atoms with E-state index in [-0.39, 0.29) is 17.3 Å². The Hall–Kier alpha value is -3.20. The summed E-state index contributed by atoms with van der Waals surface area (Å²) in [5.41, 5.74) is 6.59. The number of amides is 1. The molecule has 9 heteroatoms. The summed E-state index contributed by atoms with van der Waals surface area (Å²) in [7, 11) is 2.75. The maximum Gasteiger partial charge on any atom is 0.332 e. The summed E-state index contributed by atoms with van der Waals surface area (Å²) in [4.78, 5) is 54.0. The number of benzene rings is 1. The highest BCUT2D eigenvalue weighted by Crippen LogP contribution is 2.15. The van der Waals surface area contributed by atoms with Gasteiger partial charge in [0.15, 0.2) is 5.78 Å². The Morgan fingerprint density at radius 3 is 2.26 bits per heavy atom.